The van der Waals surface area contributed by atoms with Crippen molar-refractivity contribution >= 4 is 12.0 Å². The molecule has 1 heterocycles. The predicted molar refractivity (Wildman–Crippen MR) is 52.9 cm³/mol. The first-order valence-corrected chi connectivity index (χ1v) is 4.70. The van der Waals surface area contributed by atoms with Gasteiger partial charge in [-0.3, -0.25) is 0 Å². The summed E-state index contributed by atoms with van der Waals surface area (Å²) in [5, 5.41) is 25.1. The number of aliphatic hydroxyl groups excluding tert-OH is 1. The van der Waals surface area contributed by atoms with Gasteiger partial charge in [-0.1, -0.05) is 5.16 Å². The Labute approximate surface area is 95.8 Å². The third-order valence-electron chi connectivity index (χ3n) is 1.76. The van der Waals surface area contributed by atoms with Crippen molar-refractivity contribution in [2.75, 3.05) is 6.61 Å². The van der Waals surface area contributed by atoms with Crippen molar-refractivity contribution in [1.29, 1.82) is 0 Å². The zero-order valence-corrected chi connectivity index (χ0v) is 9.01. The van der Waals surface area contributed by atoms with Gasteiger partial charge in [-0.25, -0.2) is 9.59 Å². The number of nitrogens with one attached hydrogen (secondary N) is 2. The minimum Gasteiger partial charge on any atom is -0.480 e. The first-order valence-electron chi connectivity index (χ1n) is 4.70. The molecule has 0 radical (unpaired) electrons. The number of aliphatic hydroxyl groups is 1. The van der Waals surface area contributed by atoms with Gasteiger partial charge < -0.3 is 25.4 Å². The number of carboxylic acids is 1. The summed E-state index contributed by atoms with van der Waals surface area (Å²) < 4.78 is 4.67. The molecule has 1 atom stereocenters. The van der Waals surface area contributed by atoms with Crippen LogP contribution >= 0.6 is 0 Å². The van der Waals surface area contributed by atoms with Crippen LogP contribution in [0.3, 0.4) is 0 Å². The largest absolute Gasteiger partial charge is 0.480 e. The molecule has 0 fully saturated rings. The maximum Gasteiger partial charge on any atom is 0.328 e. The SMILES string of the molecule is Cc1nc(CNC(=O)N[C@H](CO)C(=O)O)no1. The van der Waals surface area contributed by atoms with E-state index < -0.39 is 24.6 Å². The summed E-state index contributed by atoms with van der Waals surface area (Å²) in [5.74, 6) is -0.687. The lowest BCUT2D eigenvalue weighted by Crippen LogP contribution is -2.47. The summed E-state index contributed by atoms with van der Waals surface area (Å²) >= 11 is 0. The third kappa shape index (κ3) is 4.07. The second kappa shape index (κ2) is 5.80. The molecule has 9 heteroatoms. The van der Waals surface area contributed by atoms with Gasteiger partial charge in [0.25, 0.3) is 0 Å². The lowest BCUT2D eigenvalue weighted by atomic mass is 10.3. The van der Waals surface area contributed by atoms with Gasteiger partial charge in [0.15, 0.2) is 11.9 Å². The minimum atomic E-state index is -1.35. The highest BCUT2D eigenvalue weighted by atomic mass is 16.5. The van der Waals surface area contributed by atoms with Crippen molar-refractivity contribution in [3.63, 3.8) is 0 Å². The highest BCUT2D eigenvalue weighted by Crippen LogP contribution is 1.93. The van der Waals surface area contributed by atoms with Crippen LogP contribution in [0.2, 0.25) is 0 Å². The number of amides is 2. The van der Waals surface area contributed by atoms with Crippen LogP contribution in [-0.4, -0.2) is 45.0 Å². The van der Waals surface area contributed by atoms with E-state index in [1.54, 1.807) is 6.92 Å². The third-order valence-corrected chi connectivity index (χ3v) is 1.76. The molecular weight excluding hydrogens is 232 g/mol. The molecule has 0 saturated heterocycles. The second-order valence-corrected chi connectivity index (χ2v) is 3.13. The molecule has 94 valence electrons. The summed E-state index contributed by atoms with van der Waals surface area (Å²) in [7, 11) is 0. The Kier molecular flexibility index (Phi) is 4.40. The number of carbonyl (C=O) groups is 2. The fraction of sp³-hybridized carbons (Fsp3) is 0.500. The molecule has 0 unspecified atom stereocenters. The summed E-state index contributed by atoms with van der Waals surface area (Å²) in [4.78, 5) is 25.5. The molecule has 0 aliphatic heterocycles. The molecule has 1 rings (SSSR count). The molecule has 0 aliphatic carbocycles. The highest BCUT2D eigenvalue weighted by Gasteiger charge is 2.18. The van der Waals surface area contributed by atoms with E-state index in [0.717, 1.165) is 0 Å². The van der Waals surface area contributed by atoms with Gasteiger partial charge in [-0.2, -0.15) is 4.98 Å². The van der Waals surface area contributed by atoms with Crippen LogP contribution in [0.25, 0.3) is 0 Å². The molecular formula is C8H12N4O5. The number of nitrogens with zero attached hydrogens (tertiary/aromatic N) is 2. The van der Waals surface area contributed by atoms with Gasteiger partial charge in [-0.05, 0) is 0 Å². The van der Waals surface area contributed by atoms with Gasteiger partial charge in [0, 0.05) is 6.92 Å². The number of carbonyl (C=O) groups excluding carboxylic acids is 1. The Bertz CT molecular complexity index is 404. The average molecular weight is 244 g/mol. The summed E-state index contributed by atoms with van der Waals surface area (Å²) in [6.45, 7) is 0.911. The Balaban J connectivity index is 2.37. The van der Waals surface area contributed by atoms with Crippen LogP contribution < -0.4 is 10.6 Å². The number of aliphatic carboxylic acids is 1. The van der Waals surface area contributed by atoms with Crippen LogP contribution in [0.5, 0.6) is 0 Å². The molecule has 0 bridgehead atoms. The number of urea groups is 1. The monoisotopic (exact) mass is 244 g/mol. The standard InChI is InChI=1S/C8H12N4O5/c1-4-10-6(12-17-4)2-9-8(16)11-5(3-13)7(14)15/h5,13H,2-3H2,1H3,(H,14,15)(H2,9,11,16)/t5-/m1/s1. The van der Waals surface area contributed by atoms with Gasteiger partial charge in [0.05, 0.1) is 13.2 Å². The smallest absolute Gasteiger partial charge is 0.328 e. The quantitative estimate of drug-likeness (QED) is 0.501. The molecule has 0 aliphatic rings. The molecule has 2 amide bonds. The van der Waals surface area contributed by atoms with Gasteiger partial charge in [0.2, 0.25) is 5.89 Å². The number of hydrogen-bond acceptors (Lipinski definition) is 6. The van der Waals surface area contributed by atoms with E-state index in [1.807, 2.05) is 0 Å². The predicted octanol–water partition coefficient (Wildman–Crippen LogP) is -1.38. The van der Waals surface area contributed by atoms with Crippen LogP contribution in [0.4, 0.5) is 4.79 Å². The molecule has 0 saturated carbocycles. The molecule has 0 aromatic carbocycles. The number of aromatic nitrogens is 2. The number of aryl methyl sites for hydroxylation is 1. The maximum atomic E-state index is 11.2. The fourth-order valence-electron chi connectivity index (χ4n) is 0.967. The summed E-state index contributed by atoms with van der Waals surface area (Å²) in [5.41, 5.74) is 0. The second-order valence-electron chi connectivity index (χ2n) is 3.13. The molecule has 1 aromatic heterocycles. The lowest BCUT2D eigenvalue weighted by Gasteiger charge is -2.11. The van der Waals surface area contributed by atoms with Crippen molar-refractivity contribution in [3.8, 4) is 0 Å². The van der Waals surface area contributed by atoms with E-state index in [9.17, 15) is 9.59 Å². The molecule has 4 N–H and O–H groups in total. The van der Waals surface area contributed by atoms with Crippen LogP contribution in [0, 0.1) is 6.92 Å². The molecule has 1 aromatic rings. The van der Waals surface area contributed by atoms with E-state index in [2.05, 4.69) is 25.3 Å². The van der Waals surface area contributed by atoms with Crippen LogP contribution in [-0.2, 0) is 11.3 Å². The van der Waals surface area contributed by atoms with Crippen molar-refractivity contribution in [3.05, 3.63) is 11.7 Å². The molecule has 9 nitrogen and oxygen atoms in total. The van der Waals surface area contributed by atoms with Crippen molar-refractivity contribution in [1.82, 2.24) is 20.8 Å². The maximum absolute atomic E-state index is 11.2. The first-order chi connectivity index (χ1) is 8.02. The molecule has 0 spiro atoms. The fourth-order valence-corrected chi connectivity index (χ4v) is 0.967. The van der Waals surface area contributed by atoms with Gasteiger partial charge in [0.1, 0.15) is 0 Å². The van der Waals surface area contributed by atoms with Crippen LogP contribution in [0.1, 0.15) is 11.7 Å². The topological polar surface area (TPSA) is 138 Å². The lowest BCUT2D eigenvalue weighted by molar-refractivity contribution is -0.140. The highest BCUT2D eigenvalue weighted by molar-refractivity contribution is 5.82. The number of hydrogen-bond donors (Lipinski definition) is 4. The number of carboxylic acid groups (broad SMARTS) is 1. The van der Waals surface area contributed by atoms with Crippen molar-refractivity contribution < 1.29 is 24.3 Å². The Morgan fingerprint density at radius 1 is 1.53 bits per heavy atom. The van der Waals surface area contributed by atoms with Crippen LogP contribution in [0.15, 0.2) is 4.52 Å². The van der Waals surface area contributed by atoms with E-state index in [0.29, 0.717) is 5.89 Å². The van der Waals surface area contributed by atoms with Gasteiger partial charge in [-0.15, -0.1) is 0 Å². The van der Waals surface area contributed by atoms with E-state index in [-0.39, 0.29) is 12.4 Å². The first kappa shape index (κ1) is 12.9. The van der Waals surface area contributed by atoms with Crippen molar-refractivity contribution in [2.24, 2.45) is 0 Å². The average Bonchev–Trinajstić information content (AvgIpc) is 2.68. The molecule has 17 heavy (non-hydrogen) atoms. The summed E-state index contributed by atoms with van der Waals surface area (Å²) in [6, 6.07) is -2.09. The Hall–Kier alpha value is -2.16. The normalized spacial score (nSPS) is 11.9. The minimum absolute atomic E-state index is 0.000933. The Morgan fingerprint density at radius 3 is 2.71 bits per heavy atom. The van der Waals surface area contributed by atoms with E-state index >= 15 is 0 Å². The van der Waals surface area contributed by atoms with Gasteiger partial charge >= 0.3 is 12.0 Å². The Morgan fingerprint density at radius 2 is 2.24 bits per heavy atom. The van der Waals surface area contributed by atoms with Crippen molar-refractivity contribution in [2.45, 2.75) is 19.5 Å². The summed E-state index contributed by atoms with van der Waals surface area (Å²) in [6.07, 6.45) is 0. The van der Waals surface area contributed by atoms with E-state index in [1.165, 1.54) is 0 Å². The zero-order chi connectivity index (χ0) is 12.8. The number of rotatable bonds is 5. The van der Waals surface area contributed by atoms with E-state index in [4.69, 9.17) is 10.2 Å². The zero-order valence-electron chi connectivity index (χ0n) is 9.01.